The smallest absolute Gasteiger partial charge is 0.271 e. The molecule has 3 rings (SSSR count). The van der Waals surface area contributed by atoms with Crippen molar-refractivity contribution in [2.24, 2.45) is 0 Å². The van der Waals surface area contributed by atoms with E-state index in [9.17, 15) is 4.79 Å². The molecule has 3 nitrogen and oxygen atoms in total. The van der Waals surface area contributed by atoms with Gasteiger partial charge in [0.05, 0.1) is 4.70 Å². The number of carbonyl (C=O) groups is 1. The van der Waals surface area contributed by atoms with Crippen LogP contribution in [0.5, 0.6) is 0 Å². The lowest BCUT2D eigenvalue weighted by Gasteiger charge is -2.29. The van der Waals surface area contributed by atoms with Crippen LogP contribution in [0.15, 0.2) is 36.4 Å². The molecule has 1 aromatic carbocycles. The second-order valence-electron chi connectivity index (χ2n) is 5.12. The van der Waals surface area contributed by atoms with E-state index in [0.717, 1.165) is 29.3 Å². The minimum atomic E-state index is -0.0792. The molecular weight excluding hydrogens is 336 g/mol. The fourth-order valence-corrected chi connectivity index (χ4v) is 4.14. The molecule has 2 unspecified atom stereocenters. The van der Waals surface area contributed by atoms with Gasteiger partial charge in [-0.25, -0.2) is 0 Å². The summed E-state index contributed by atoms with van der Waals surface area (Å²) in [6.07, 6.45) is 2.83. The van der Waals surface area contributed by atoms with Gasteiger partial charge < -0.3 is 5.32 Å². The second kappa shape index (κ2) is 5.66. The van der Waals surface area contributed by atoms with Gasteiger partial charge in [-0.15, -0.1) is 0 Å². The second-order valence-corrected chi connectivity index (χ2v) is 7.10. The third-order valence-corrected chi connectivity index (χ3v) is 5.43. The molecule has 5 heteroatoms. The number of halogens is 1. The first-order chi connectivity index (χ1) is 9.65. The van der Waals surface area contributed by atoms with Crippen molar-refractivity contribution in [2.75, 3.05) is 0 Å². The van der Waals surface area contributed by atoms with Gasteiger partial charge in [0.1, 0.15) is 5.69 Å². The molecule has 1 aliphatic carbocycles. The molecule has 0 radical (unpaired) electrons. The molecule has 1 heterocycles. The van der Waals surface area contributed by atoms with Crippen LogP contribution >= 0.6 is 27.5 Å². The number of nitrogens with one attached hydrogen (secondary N) is 1. The molecule has 1 saturated carbocycles. The third kappa shape index (κ3) is 2.65. The van der Waals surface area contributed by atoms with Crippen LogP contribution in [-0.2, 0) is 0 Å². The highest BCUT2D eigenvalue weighted by Gasteiger charge is 2.27. The summed E-state index contributed by atoms with van der Waals surface area (Å²) in [5, 5.41) is 4.03. The van der Waals surface area contributed by atoms with E-state index in [1.165, 1.54) is 17.1 Å². The van der Waals surface area contributed by atoms with Crippen molar-refractivity contribution in [3.8, 4) is 0 Å². The number of nitrogens with zero attached hydrogens (tertiary/aromatic N) is 1. The number of benzene rings is 1. The topological polar surface area (TPSA) is 42.0 Å². The van der Waals surface area contributed by atoms with Crippen molar-refractivity contribution in [1.29, 1.82) is 0 Å². The summed E-state index contributed by atoms with van der Waals surface area (Å²) in [6.45, 7) is 4.02. The monoisotopic (exact) mass is 350 g/mol. The standard InChI is InChI=1S/C15H15BrN2OS/c1-9-6-7-12(11(16)8-9)17-15(19)14-10-4-2-3-5-13(10)20-18-14/h2-5,11-12H,1,6-8H2,(H,17,19). The third-order valence-electron chi connectivity index (χ3n) is 3.64. The highest BCUT2D eigenvalue weighted by Crippen LogP contribution is 2.28. The van der Waals surface area contributed by atoms with Gasteiger partial charge in [-0.3, -0.25) is 4.79 Å². The first-order valence-electron chi connectivity index (χ1n) is 6.61. The van der Waals surface area contributed by atoms with Crippen molar-refractivity contribution in [1.82, 2.24) is 9.69 Å². The van der Waals surface area contributed by atoms with Gasteiger partial charge >= 0.3 is 0 Å². The molecule has 0 spiro atoms. The molecule has 20 heavy (non-hydrogen) atoms. The van der Waals surface area contributed by atoms with Crippen LogP contribution in [0.1, 0.15) is 29.8 Å². The van der Waals surface area contributed by atoms with Gasteiger partial charge in [-0.05, 0) is 36.9 Å². The molecule has 1 aliphatic rings. The van der Waals surface area contributed by atoms with E-state index in [4.69, 9.17) is 0 Å². The summed E-state index contributed by atoms with van der Waals surface area (Å²) in [7, 11) is 0. The number of hydrogen-bond acceptors (Lipinski definition) is 3. The Kier molecular flexibility index (Phi) is 3.89. The van der Waals surface area contributed by atoms with Gasteiger partial charge in [0.15, 0.2) is 0 Å². The number of alkyl halides is 1. The fourth-order valence-electron chi connectivity index (χ4n) is 2.51. The summed E-state index contributed by atoms with van der Waals surface area (Å²) < 4.78 is 5.34. The number of allylic oxidation sites excluding steroid dienone is 1. The largest absolute Gasteiger partial charge is 0.347 e. The Morgan fingerprint density at radius 3 is 3.05 bits per heavy atom. The van der Waals surface area contributed by atoms with Gasteiger partial charge in [-0.2, -0.15) is 4.37 Å². The molecule has 1 fully saturated rings. The molecule has 0 aliphatic heterocycles. The average molecular weight is 351 g/mol. The molecule has 1 amide bonds. The minimum Gasteiger partial charge on any atom is -0.347 e. The average Bonchev–Trinajstić information content (AvgIpc) is 2.86. The van der Waals surface area contributed by atoms with Crippen LogP contribution in [0.3, 0.4) is 0 Å². The van der Waals surface area contributed by atoms with E-state index in [1.807, 2.05) is 24.3 Å². The highest BCUT2D eigenvalue weighted by atomic mass is 79.9. The number of amides is 1. The zero-order valence-corrected chi connectivity index (χ0v) is 13.3. The molecule has 0 bridgehead atoms. The van der Waals surface area contributed by atoms with Crippen LogP contribution in [0.4, 0.5) is 0 Å². The summed E-state index contributed by atoms with van der Waals surface area (Å²) >= 11 is 5.01. The van der Waals surface area contributed by atoms with Gasteiger partial charge in [-0.1, -0.05) is 46.3 Å². The number of aromatic nitrogens is 1. The Morgan fingerprint density at radius 2 is 2.25 bits per heavy atom. The lowest BCUT2D eigenvalue weighted by atomic mass is 9.91. The SMILES string of the molecule is C=C1CCC(NC(=O)c2nsc3ccccc23)C(Br)C1. The summed E-state index contributed by atoms with van der Waals surface area (Å²) in [5.41, 5.74) is 1.78. The number of carbonyl (C=O) groups excluding carboxylic acids is 1. The van der Waals surface area contributed by atoms with Crippen molar-refractivity contribution in [2.45, 2.75) is 30.1 Å². The summed E-state index contributed by atoms with van der Waals surface area (Å²) in [4.78, 5) is 12.7. The predicted molar refractivity (Wildman–Crippen MR) is 86.6 cm³/mol. The number of rotatable bonds is 2. The van der Waals surface area contributed by atoms with E-state index >= 15 is 0 Å². The maximum absolute atomic E-state index is 12.4. The Bertz CT molecular complexity index is 667. The van der Waals surface area contributed by atoms with E-state index in [-0.39, 0.29) is 16.8 Å². The lowest BCUT2D eigenvalue weighted by molar-refractivity contribution is 0.0930. The lowest BCUT2D eigenvalue weighted by Crippen LogP contribution is -2.43. The molecular formula is C15H15BrN2OS. The zero-order valence-electron chi connectivity index (χ0n) is 10.9. The first kappa shape index (κ1) is 13.8. The van der Waals surface area contributed by atoms with Gasteiger partial charge in [0.25, 0.3) is 5.91 Å². The summed E-state index contributed by atoms with van der Waals surface area (Å²) in [5.74, 6) is -0.0792. The van der Waals surface area contributed by atoms with Crippen LogP contribution in [0, 0.1) is 0 Å². The van der Waals surface area contributed by atoms with E-state index in [2.05, 4.69) is 32.2 Å². The maximum atomic E-state index is 12.4. The van der Waals surface area contributed by atoms with Crippen LogP contribution < -0.4 is 5.32 Å². The van der Waals surface area contributed by atoms with Crippen molar-refractivity contribution in [3.63, 3.8) is 0 Å². The van der Waals surface area contributed by atoms with E-state index < -0.39 is 0 Å². The molecule has 0 saturated heterocycles. The van der Waals surface area contributed by atoms with Crippen LogP contribution in [0.2, 0.25) is 0 Å². The fraction of sp³-hybridized carbons (Fsp3) is 0.333. The van der Waals surface area contributed by atoms with Crippen LogP contribution in [0.25, 0.3) is 10.1 Å². The van der Waals surface area contributed by atoms with Crippen molar-refractivity contribution >= 4 is 43.5 Å². The van der Waals surface area contributed by atoms with Crippen molar-refractivity contribution in [3.05, 3.63) is 42.1 Å². The molecule has 1 aromatic heterocycles. The van der Waals surface area contributed by atoms with E-state index in [1.54, 1.807) is 0 Å². The number of hydrogen-bond donors (Lipinski definition) is 1. The summed E-state index contributed by atoms with van der Waals surface area (Å²) in [6, 6.07) is 7.98. The Balaban J connectivity index is 1.78. The molecule has 2 atom stereocenters. The zero-order chi connectivity index (χ0) is 14.1. The molecule has 1 N–H and O–H groups in total. The quantitative estimate of drug-likeness (QED) is 0.659. The van der Waals surface area contributed by atoms with Crippen LogP contribution in [-0.4, -0.2) is 21.1 Å². The van der Waals surface area contributed by atoms with Crippen molar-refractivity contribution < 1.29 is 4.79 Å². The molecule has 2 aromatic rings. The normalized spacial score (nSPS) is 22.9. The Hall–Kier alpha value is -1.20. The highest BCUT2D eigenvalue weighted by molar-refractivity contribution is 9.09. The first-order valence-corrected chi connectivity index (χ1v) is 8.30. The maximum Gasteiger partial charge on any atom is 0.271 e. The molecule has 104 valence electrons. The van der Waals surface area contributed by atoms with E-state index in [0.29, 0.717) is 5.69 Å². The minimum absolute atomic E-state index is 0.0792. The van der Waals surface area contributed by atoms with Gasteiger partial charge in [0.2, 0.25) is 0 Å². The number of fused-ring (bicyclic) bond motifs is 1. The Labute approximate surface area is 130 Å². The van der Waals surface area contributed by atoms with Gasteiger partial charge in [0, 0.05) is 16.3 Å². The Morgan fingerprint density at radius 1 is 1.45 bits per heavy atom. The predicted octanol–water partition coefficient (Wildman–Crippen LogP) is 3.90.